The first-order chi connectivity index (χ1) is 19.2. The van der Waals surface area contributed by atoms with Gasteiger partial charge in [-0.1, -0.05) is 29.8 Å². The maximum atomic E-state index is 12.9. The third-order valence-corrected chi connectivity index (χ3v) is 7.34. The van der Waals surface area contributed by atoms with Gasteiger partial charge in [-0.25, -0.2) is 0 Å². The zero-order valence-corrected chi connectivity index (χ0v) is 23.7. The van der Waals surface area contributed by atoms with Gasteiger partial charge in [0, 0.05) is 16.3 Å². The van der Waals surface area contributed by atoms with Crippen LogP contribution in [0.25, 0.3) is 6.08 Å². The van der Waals surface area contributed by atoms with E-state index < -0.39 is 23.6 Å². The third kappa shape index (κ3) is 7.45. The van der Waals surface area contributed by atoms with E-state index in [-0.39, 0.29) is 17.4 Å². The molecular formula is C29H27N3O6S2. The summed E-state index contributed by atoms with van der Waals surface area (Å²) in [6, 6.07) is 19.6. The largest absolute Gasteiger partial charge is 0.493 e. The highest BCUT2D eigenvalue weighted by Crippen LogP contribution is 2.34. The Labute approximate surface area is 240 Å². The molecule has 1 heterocycles. The molecule has 0 bridgehead atoms. The van der Waals surface area contributed by atoms with Crippen LogP contribution in [0.4, 0.5) is 16.2 Å². The summed E-state index contributed by atoms with van der Waals surface area (Å²) in [5.41, 5.74) is 2.92. The number of amides is 4. The number of carbonyl (C=O) groups excluding carboxylic acids is 4. The Kier molecular flexibility index (Phi) is 9.52. The van der Waals surface area contributed by atoms with Crippen LogP contribution in [0.2, 0.25) is 0 Å². The van der Waals surface area contributed by atoms with Gasteiger partial charge in [0.25, 0.3) is 17.1 Å². The van der Waals surface area contributed by atoms with Crippen LogP contribution < -0.4 is 20.1 Å². The van der Waals surface area contributed by atoms with E-state index in [2.05, 4.69) is 10.6 Å². The zero-order chi connectivity index (χ0) is 28.6. The molecule has 11 heteroatoms. The molecule has 2 N–H and O–H groups in total. The lowest BCUT2D eigenvalue weighted by Crippen LogP contribution is -2.36. The lowest BCUT2D eigenvalue weighted by atomic mass is 10.2. The second kappa shape index (κ2) is 13.2. The van der Waals surface area contributed by atoms with E-state index in [0.717, 1.165) is 27.1 Å². The highest BCUT2D eigenvalue weighted by atomic mass is 32.2. The molecule has 1 aliphatic heterocycles. The molecule has 0 radical (unpaired) electrons. The molecule has 4 amide bonds. The molecule has 40 heavy (non-hydrogen) atoms. The predicted molar refractivity (Wildman–Crippen MR) is 158 cm³/mol. The highest BCUT2D eigenvalue weighted by Gasteiger charge is 2.36. The number of anilines is 2. The Morgan fingerprint density at radius 2 is 1.70 bits per heavy atom. The maximum absolute atomic E-state index is 12.9. The number of thioether (sulfide) groups is 2. The molecule has 0 atom stereocenters. The van der Waals surface area contributed by atoms with E-state index in [1.165, 1.54) is 18.9 Å². The van der Waals surface area contributed by atoms with Crippen molar-refractivity contribution in [1.29, 1.82) is 0 Å². The normalized spacial score (nSPS) is 13.9. The molecule has 3 aromatic rings. The number of benzene rings is 3. The molecule has 9 nitrogen and oxygen atoms in total. The highest BCUT2D eigenvalue weighted by molar-refractivity contribution is 8.18. The predicted octanol–water partition coefficient (Wildman–Crippen LogP) is 5.42. The van der Waals surface area contributed by atoms with E-state index in [1.807, 2.05) is 43.5 Å². The Balaban J connectivity index is 1.37. The third-order valence-electron chi connectivity index (χ3n) is 5.71. The summed E-state index contributed by atoms with van der Waals surface area (Å²) in [6.45, 7) is 1.33. The summed E-state index contributed by atoms with van der Waals surface area (Å²) < 4.78 is 11.0. The number of imide groups is 1. The Morgan fingerprint density at radius 1 is 0.950 bits per heavy atom. The minimum absolute atomic E-state index is 0.176. The van der Waals surface area contributed by atoms with E-state index in [4.69, 9.17) is 9.47 Å². The summed E-state index contributed by atoms with van der Waals surface area (Å²) in [4.78, 5) is 52.3. The lowest BCUT2D eigenvalue weighted by molar-refractivity contribution is -0.127. The van der Waals surface area contributed by atoms with Crippen LogP contribution >= 0.6 is 23.5 Å². The molecule has 0 aliphatic carbocycles. The average Bonchev–Trinajstić information content (AvgIpc) is 3.20. The molecule has 0 saturated carbocycles. The van der Waals surface area contributed by atoms with Crippen molar-refractivity contribution < 1.29 is 28.7 Å². The van der Waals surface area contributed by atoms with Crippen molar-refractivity contribution in [1.82, 2.24) is 4.90 Å². The number of ether oxygens (including phenoxy) is 2. The molecule has 3 aromatic carbocycles. The second-order valence-electron chi connectivity index (χ2n) is 8.66. The molecule has 0 unspecified atom stereocenters. The fraction of sp³-hybridized carbons (Fsp3) is 0.172. The molecular weight excluding hydrogens is 550 g/mol. The van der Waals surface area contributed by atoms with Crippen LogP contribution in [0.5, 0.6) is 11.5 Å². The Hall–Kier alpha value is -4.22. The van der Waals surface area contributed by atoms with Crippen molar-refractivity contribution in [2.75, 3.05) is 37.2 Å². The smallest absolute Gasteiger partial charge is 0.294 e. The summed E-state index contributed by atoms with van der Waals surface area (Å²) in [5.74, 6) is -0.673. The Morgan fingerprint density at radius 3 is 2.42 bits per heavy atom. The summed E-state index contributed by atoms with van der Waals surface area (Å²) in [7, 11) is 1.46. The van der Waals surface area contributed by atoms with E-state index in [1.54, 1.807) is 42.5 Å². The van der Waals surface area contributed by atoms with Gasteiger partial charge >= 0.3 is 0 Å². The topological polar surface area (TPSA) is 114 Å². The maximum Gasteiger partial charge on any atom is 0.294 e. The zero-order valence-electron chi connectivity index (χ0n) is 22.1. The SMILES string of the molecule is COc1cc(/C=C2/SC(=O)N(CC(=O)Nc3cccc(SC)c3)C2=O)ccc1OCC(=O)Nc1ccc(C)cc1. The summed E-state index contributed by atoms with van der Waals surface area (Å²) >= 11 is 2.29. The summed E-state index contributed by atoms with van der Waals surface area (Å²) in [5, 5.41) is 4.95. The number of hydrogen-bond donors (Lipinski definition) is 2. The van der Waals surface area contributed by atoms with Crippen LogP contribution in [0.1, 0.15) is 11.1 Å². The first kappa shape index (κ1) is 28.8. The van der Waals surface area contributed by atoms with Gasteiger partial charge < -0.3 is 20.1 Å². The standard InChI is InChI=1S/C29H27N3O6S2/c1-18-7-10-20(11-8-18)30-27(34)17-38-23-12-9-19(13-24(23)37-2)14-25-28(35)32(29(36)40-25)16-26(33)31-21-5-4-6-22(15-21)39-3/h4-15H,16-17H2,1-3H3,(H,30,34)(H,31,33)/b25-14+. The van der Waals surface area contributed by atoms with Gasteiger partial charge in [-0.3, -0.25) is 24.1 Å². The number of methoxy groups -OCH3 is 1. The fourth-order valence-corrected chi connectivity index (χ4v) is 5.00. The van der Waals surface area contributed by atoms with E-state index in [9.17, 15) is 19.2 Å². The van der Waals surface area contributed by atoms with Gasteiger partial charge in [0.2, 0.25) is 5.91 Å². The van der Waals surface area contributed by atoms with Crippen molar-refractivity contribution in [2.24, 2.45) is 0 Å². The molecule has 1 saturated heterocycles. The molecule has 206 valence electrons. The monoisotopic (exact) mass is 577 g/mol. The lowest BCUT2D eigenvalue weighted by Gasteiger charge is -2.13. The molecule has 4 rings (SSSR count). The van der Waals surface area contributed by atoms with Gasteiger partial charge in [0.05, 0.1) is 12.0 Å². The minimum atomic E-state index is -0.560. The average molecular weight is 578 g/mol. The molecule has 0 aromatic heterocycles. The quantitative estimate of drug-likeness (QED) is 0.243. The number of hydrogen-bond acceptors (Lipinski definition) is 8. The first-order valence-corrected chi connectivity index (χ1v) is 14.2. The summed E-state index contributed by atoms with van der Waals surface area (Å²) in [6.07, 6.45) is 3.47. The number of nitrogens with zero attached hydrogens (tertiary/aromatic N) is 1. The first-order valence-electron chi connectivity index (χ1n) is 12.1. The van der Waals surface area contributed by atoms with E-state index in [0.29, 0.717) is 28.4 Å². The number of aryl methyl sites for hydroxylation is 1. The number of carbonyl (C=O) groups is 4. The molecule has 1 aliphatic rings. The second-order valence-corrected chi connectivity index (χ2v) is 10.5. The van der Waals surface area contributed by atoms with Crippen LogP contribution in [0.15, 0.2) is 76.5 Å². The van der Waals surface area contributed by atoms with Gasteiger partial charge in [0.1, 0.15) is 6.54 Å². The van der Waals surface area contributed by atoms with E-state index >= 15 is 0 Å². The molecule has 0 spiro atoms. The van der Waals surface area contributed by atoms with Gasteiger partial charge in [0.15, 0.2) is 18.1 Å². The fourth-order valence-electron chi connectivity index (χ4n) is 3.70. The number of rotatable bonds is 10. The van der Waals surface area contributed by atoms with Gasteiger partial charge in [-0.2, -0.15) is 0 Å². The minimum Gasteiger partial charge on any atom is -0.493 e. The van der Waals surface area contributed by atoms with Gasteiger partial charge in [-0.05, 0) is 79.0 Å². The van der Waals surface area contributed by atoms with Crippen molar-refractivity contribution in [3.05, 3.63) is 82.8 Å². The van der Waals surface area contributed by atoms with Crippen LogP contribution in [-0.4, -0.2) is 54.4 Å². The van der Waals surface area contributed by atoms with Crippen LogP contribution in [0, 0.1) is 6.92 Å². The van der Waals surface area contributed by atoms with Crippen LogP contribution in [-0.2, 0) is 14.4 Å². The molecule has 1 fully saturated rings. The van der Waals surface area contributed by atoms with Crippen molar-refractivity contribution >= 4 is 63.9 Å². The van der Waals surface area contributed by atoms with Crippen molar-refractivity contribution in [3.63, 3.8) is 0 Å². The Bertz CT molecular complexity index is 1470. The van der Waals surface area contributed by atoms with Crippen LogP contribution in [0.3, 0.4) is 0 Å². The van der Waals surface area contributed by atoms with Gasteiger partial charge in [-0.15, -0.1) is 11.8 Å². The number of nitrogens with one attached hydrogen (secondary N) is 2. The van der Waals surface area contributed by atoms with Crippen molar-refractivity contribution in [3.8, 4) is 11.5 Å². The van der Waals surface area contributed by atoms with Crippen molar-refractivity contribution in [2.45, 2.75) is 11.8 Å².